The van der Waals surface area contributed by atoms with Crippen molar-refractivity contribution in [2.24, 2.45) is 0 Å². The van der Waals surface area contributed by atoms with Crippen molar-refractivity contribution in [1.29, 1.82) is 0 Å². The number of hydrogen-bond donors (Lipinski definition) is 1. The van der Waals surface area contributed by atoms with E-state index in [2.05, 4.69) is 5.32 Å². The summed E-state index contributed by atoms with van der Waals surface area (Å²) in [4.78, 5) is 22.1. The normalized spacial score (nSPS) is 20.8. The molecule has 0 radical (unpaired) electrons. The van der Waals surface area contributed by atoms with Crippen molar-refractivity contribution in [2.75, 3.05) is 5.32 Å². The van der Waals surface area contributed by atoms with Crippen LogP contribution in [0.4, 0.5) is 10.1 Å². The number of amides is 1. The molecule has 1 N–H and O–H groups in total. The summed E-state index contributed by atoms with van der Waals surface area (Å²) in [6, 6.07) is 6.35. The van der Waals surface area contributed by atoms with Gasteiger partial charge < -0.3 is 5.32 Å². The Labute approximate surface area is 73.6 Å². The van der Waals surface area contributed by atoms with Crippen molar-refractivity contribution >= 4 is 17.4 Å². The maximum atomic E-state index is 12.9. The van der Waals surface area contributed by atoms with E-state index in [1.165, 1.54) is 6.07 Å². The van der Waals surface area contributed by atoms with Gasteiger partial charge in [0.1, 0.15) is 0 Å². The highest BCUT2D eigenvalue weighted by atomic mass is 19.1. The van der Waals surface area contributed by atoms with Crippen molar-refractivity contribution < 1.29 is 14.0 Å². The molecule has 1 aliphatic heterocycles. The summed E-state index contributed by atoms with van der Waals surface area (Å²) in [5.74, 6) is -1.65. The molecule has 0 unspecified atom stereocenters. The van der Waals surface area contributed by atoms with E-state index in [0.717, 1.165) is 0 Å². The molecule has 1 aliphatic rings. The van der Waals surface area contributed by atoms with Crippen LogP contribution in [-0.2, 0) is 4.79 Å². The van der Waals surface area contributed by atoms with Crippen LogP contribution in [0.2, 0.25) is 0 Å². The summed E-state index contributed by atoms with van der Waals surface area (Å²) in [6.07, 6.45) is -2.06. The molecular weight excluding hydrogens is 173 g/mol. The first-order valence-electron chi connectivity index (χ1n) is 3.78. The second kappa shape index (κ2) is 2.65. The van der Waals surface area contributed by atoms with Crippen LogP contribution in [0.1, 0.15) is 10.4 Å². The van der Waals surface area contributed by atoms with E-state index in [4.69, 9.17) is 0 Å². The van der Waals surface area contributed by atoms with Gasteiger partial charge in [-0.3, -0.25) is 9.59 Å². The monoisotopic (exact) mass is 179 g/mol. The minimum atomic E-state index is -2.06. The van der Waals surface area contributed by atoms with Crippen LogP contribution in [0.3, 0.4) is 0 Å². The van der Waals surface area contributed by atoms with Crippen LogP contribution in [0, 0.1) is 0 Å². The van der Waals surface area contributed by atoms with E-state index >= 15 is 0 Å². The lowest BCUT2D eigenvalue weighted by atomic mass is 10.0. The quantitative estimate of drug-likeness (QED) is 0.607. The molecule has 1 atom stereocenters. The summed E-state index contributed by atoms with van der Waals surface area (Å²) in [5.41, 5.74) is 0.612. The molecular formula is C9H6FNO2. The largest absolute Gasteiger partial charge is 0.322 e. The molecule has 1 amide bonds. The third kappa shape index (κ3) is 1.11. The lowest BCUT2D eigenvalue weighted by molar-refractivity contribution is -0.119. The minimum absolute atomic E-state index is 0.231. The average Bonchev–Trinajstić information content (AvgIpc) is 2.15. The molecule has 1 heterocycles. The van der Waals surface area contributed by atoms with Gasteiger partial charge in [-0.05, 0) is 12.1 Å². The zero-order chi connectivity index (χ0) is 9.42. The number of ketones is 1. The fourth-order valence-corrected chi connectivity index (χ4v) is 1.26. The van der Waals surface area contributed by atoms with Gasteiger partial charge in [-0.25, -0.2) is 4.39 Å². The number of nitrogens with one attached hydrogen (secondary N) is 1. The third-order valence-corrected chi connectivity index (χ3v) is 1.91. The van der Waals surface area contributed by atoms with E-state index in [1.807, 2.05) is 0 Å². The van der Waals surface area contributed by atoms with Crippen LogP contribution in [-0.4, -0.2) is 17.9 Å². The highest BCUT2D eigenvalue weighted by Gasteiger charge is 2.33. The Balaban J connectivity index is 2.55. The Kier molecular flexibility index (Phi) is 1.62. The third-order valence-electron chi connectivity index (χ3n) is 1.91. The number of para-hydroxylation sites is 1. The molecule has 0 spiro atoms. The summed E-state index contributed by atoms with van der Waals surface area (Å²) in [5, 5.41) is 2.31. The lowest BCUT2D eigenvalue weighted by Gasteiger charge is -2.17. The van der Waals surface area contributed by atoms with Crippen LogP contribution >= 0.6 is 0 Å². The summed E-state index contributed by atoms with van der Waals surface area (Å²) >= 11 is 0. The number of rotatable bonds is 0. The minimum Gasteiger partial charge on any atom is -0.322 e. The Bertz CT molecular complexity index is 389. The van der Waals surface area contributed by atoms with Crippen molar-refractivity contribution in [3.63, 3.8) is 0 Å². The predicted octanol–water partition coefficient (Wildman–Crippen LogP) is 1.16. The molecule has 2 rings (SSSR count). The van der Waals surface area contributed by atoms with Crippen molar-refractivity contribution in [3.8, 4) is 0 Å². The zero-order valence-corrected chi connectivity index (χ0v) is 6.58. The highest BCUT2D eigenvalue weighted by Crippen LogP contribution is 2.22. The summed E-state index contributed by atoms with van der Waals surface area (Å²) in [7, 11) is 0. The highest BCUT2D eigenvalue weighted by molar-refractivity contribution is 6.22. The number of Topliss-reactive ketones (excluding diaryl/α,β-unsaturated/α-hetero) is 1. The Morgan fingerprint density at radius 2 is 1.92 bits per heavy atom. The number of anilines is 1. The van der Waals surface area contributed by atoms with E-state index in [-0.39, 0.29) is 5.56 Å². The van der Waals surface area contributed by atoms with Gasteiger partial charge in [0.2, 0.25) is 12.0 Å². The molecule has 3 nitrogen and oxygen atoms in total. The van der Waals surface area contributed by atoms with Crippen LogP contribution in [0.5, 0.6) is 0 Å². The molecule has 0 saturated carbocycles. The molecule has 0 aromatic heterocycles. The van der Waals surface area contributed by atoms with E-state index < -0.39 is 17.9 Å². The first-order valence-corrected chi connectivity index (χ1v) is 3.78. The van der Waals surface area contributed by atoms with Crippen LogP contribution in [0.25, 0.3) is 0 Å². The van der Waals surface area contributed by atoms with Crippen LogP contribution < -0.4 is 5.32 Å². The van der Waals surface area contributed by atoms with Crippen molar-refractivity contribution in [1.82, 2.24) is 0 Å². The number of benzene rings is 1. The maximum absolute atomic E-state index is 12.9. The molecule has 1 aromatic carbocycles. The number of carbonyl (C=O) groups is 2. The average molecular weight is 179 g/mol. The molecule has 0 fully saturated rings. The molecule has 0 bridgehead atoms. The topological polar surface area (TPSA) is 46.2 Å². The van der Waals surface area contributed by atoms with E-state index in [1.54, 1.807) is 18.2 Å². The van der Waals surface area contributed by atoms with Gasteiger partial charge in [-0.1, -0.05) is 12.1 Å². The number of carbonyl (C=O) groups excluding carboxylic acids is 2. The molecule has 0 aliphatic carbocycles. The Morgan fingerprint density at radius 1 is 1.23 bits per heavy atom. The van der Waals surface area contributed by atoms with Crippen molar-refractivity contribution in [3.05, 3.63) is 29.8 Å². The molecule has 66 valence electrons. The number of alkyl halides is 1. The molecule has 4 heteroatoms. The van der Waals surface area contributed by atoms with Crippen molar-refractivity contribution in [2.45, 2.75) is 6.17 Å². The van der Waals surface area contributed by atoms with E-state index in [9.17, 15) is 14.0 Å². The first-order chi connectivity index (χ1) is 6.20. The number of hydrogen-bond acceptors (Lipinski definition) is 2. The second-order valence-electron chi connectivity index (χ2n) is 2.76. The van der Waals surface area contributed by atoms with Crippen LogP contribution in [0.15, 0.2) is 24.3 Å². The number of fused-ring (bicyclic) bond motifs is 1. The first kappa shape index (κ1) is 7.91. The SMILES string of the molecule is O=C1Nc2ccccc2C(=O)[C@@H]1F. The van der Waals surface area contributed by atoms with Gasteiger partial charge >= 0.3 is 0 Å². The lowest BCUT2D eigenvalue weighted by Crippen LogP contribution is -2.36. The Morgan fingerprint density at radius 3 is 2.69 bits per heavy atom. The fraction of sp³-hybridized carbons (Fsp3) is 0.111. The van der Waals surface area contributed by atoms with Gasteiger partial charge in [-0.2, -0.15) is 0 Å². The van der Waals surface area contributed by atoms with E-state index in [0.29, 0.717) is 5.69 Å². The van der Waals surface area contributed by atoms with Gasteiger partial charge in [0.25, 0.3) is 5.91 Å². The standard InChI is InChI=1S/C9H6FNO2/c10-7-8(12)5-3-1-2-4-6(5)11-9(7)13/h1-4,7H,(H,11,13)/t7-/m0/s1. The summed E-state index contributed by atoms with van der Waals surface area (Å²) in [6.45, 7) is 0. The smallest absolute Gasteiger partial charge is 0.267 e. The zero-order valence-electron chi connectivity index (χ0n) is 6.58. The van der Waals surface area contributed by atoms with Gasteiger partial charge in [0.15, 0.2) is 0 Å². The predicted molar refractivity (Wildman–Crippen MR) is 44.3 cm³/mol. The van der Waals surface area contributed by atoms with Gasteiger partial charge in [0.05, 0.1) is 5.69 Å². The van der Waals surface area contributed by atoms with Gasteiger partial charge in [-0.15, -0.1) is 0 Å². The number of halogens is 1. The molecule has 13 heavy (non-hydrogen) atoms. The summed E-state index contributed by atoms with van der Waals surface area (Å²) < 4.78 is 12.9. The maximum Gasteiger partial charge on any atom is 0.267 e. The Hall–Kier alpha value is -1.71. The molecule has 0 saturated heterocycles. The fourth-order valence-electron chi connectivity index (χ4n) is 1.26. The van der Waals surface area contributed by atoms with Gasteiger partial charge in [0, 0.05) is 5.56 Å². The molecule has 1 aromatic rings. The second-order valence-corrected chi connectivity index (χ2v) is 2.76.